The molecule has 0 heterocycles. The van der Waals surface area contributed by atoms with Crippen LogP contribution in [0.4, 0.5) is 11.4 Å². The number of halogens is 1. The summed E-state index contributed by atoms with van der Waals surface area (Å²) in [5, 5.41) is 2.82. The van der Waals surface area contributed by atoms with E-state index in [1.165, 1.54) is 66.0 Å². The summed E-state index contributed by atoms with van der Waals surface area (Å²) < 4.78 is 60.0. The Labute approximate surface area is 229 Å². The maximum absolute atomic E-state index is 13.6. The van der Waals surface area contributed by atoms with Crippen LogP contribution in [0.2, 0.25) is 5.02 Å². The van der Waals surface area contributed by atoms with Crippen molar-refractivity contribution in [2.45, 2.75) is 30.6 Å². The average molecular weight is 580 g/mol. The van der Waals surface area contributed by atoms with Gasteiger partial charge in [-0.15, -0.1) is 0 Å². The number of aryl methyl sites for hydroxylation is 1. The molecule has 1 N–H and O–H groups in total. The van der Waals surface area contributed by atoms with Crippen LogP contribution < -0.4 is 14.4 Å². The average Bonchev–Trinajstić information content (AvgIpc) is 2.88. The highest BCUT2D eigenvalue weighted by atomic mass is 35.5. The van der Waals surface area contributed by atoms with Crippen molar-refractivity contribution in [2.24, 2.45) is 0 Å². The number of hydrogen-bond donors (Lipinski definition) is 1. The Morgan fingerprint density at radius 3 is 1.95 bits per heavy atom. The van der Waals surface area contributed by atoms with E-state index in [0.717, 1.165) is 9.87 Å². The smallest absolute Gasteiger partial charge is 0.264 e. The Hall–Kier alpha value is -3.12. The molecule has 0 radical (unpaired) electrons. The van der Waals surface area contributed by atoms with Gasteiger partial charge in [0, 0.05) is 18.8 Å². The lowest BCUT2D eigenvalue weighted by atomic mass is 10.2. The lowest BCUT2D eigenvalue weighted by molar-refractivity contribution is -0.114. The first-order chi connectivity index (χ1) is 17.9. The first-order valence-corrected chi connectivity index (χ1v) is 15.0. The van der Waals surface area contributed by atoms with Crippen LogP contribution >= 0.6 is 11.6 Å². The van der Waals surface area contributed by atoms with E-state index in [4.69, 9.17) is 16.3 Å². The molecule has 0 aromatic heterocycles. The third kappa shape index (κ3) is 6.47. The zero-order chi connectivity index (χ0) is 28.1. The molecule has 3 aromatic carbocycles. The monoisotopic (exact) mass is 579 g/mol. The number of nitrogens with one attached hydrogen (secondary N) is 1. The summed E-state index contributed by atoms with van der Waals surface area (Å²) in [6.07, 6.45) is 0. The predicted molar refractivity (Wildman–Crippen MR) is 149 cm³/mol. The van der Waals surface area contributed by atoms with Crippen molar-refractivity contribution in [3.63, 3.8) is 0 Å². The summed E-state index contributed by atoms with van der Waals surface area (Å²) >= 11 is 6.25. The predicted octanol–water partition coefficient (Wildman–Crippen LogP) is 4.52. The van der Waals surface area contributed by atoms with Crippen LogP contribution in [-0.4, -0.2) is 53.8 Å². The second-order valence-electron chi connectivity index (χ2n) is 8.31. The lowest BCUT2D eigenvalue weighted by Gasteiger charge is -2.25. The van der Waals surface area contributed by atoms with Crippen molar-refractivity contribution in [3.8, 4) is 5.75 Å². The van der Waals surface area contributed by atoms with Gasteiger partial charge in [-0.05, 0) is 61.5 Å². The van der Waals surface area contributed by atoms with Crippen molar-refractivity contribution in [3.05, 3.63) is 77.3 Å². The van der Waals surface area contributed by atoms with Crippen molar-refractivity contribution >= 4 is 48.9 Å². The van der Waals surface area contributed by atoms with Gasteiger partial charge in [-0.25, -0.2) is 16.8 Å². The molecule has 9 nitrogen and oxygen atoms in total. The van der Waals surface area contributed by atoms with E-state index >= 15 is 0 Å². The van der Waals surface area contributed by atoms with E-state index in [9.17, 15) is 21.6 Å². The van der Waals surface area contributed by atoms with Crippen molar-refractivity contribution in [1.82, 2.24) is 4.31 Å². The molecule has 0 saturated heterocycles. The van der Waals surface area contributed by atoms with E-state index < -0.39 is 32.5 Å². The fourth-order valence-electron chi connectivity index (χ4n) is 3.72. The van der Waals surface area contributed by atoms with Crippen LogP contribution in [0.3, 0.4) is 0 Å². The first kappa shape index (κ1) is 29.4. The molecule has 0 aliphatic rings. The number of sulfonamides is 2. The standard InChI is InChI=1S/C26H30ClN3O6S2/c1-5-29(6-2)37(32,33)22-14-9-20(10-15-22)28-26(31)18-30(21-11-16-25(36-4)24(27)17-21)38(34,35)23-12-7-19(3)8-13-23/h7-17H,5-6,18H2,1-4H3,(H,28,31). The van der Waals surface area contributed by atoms with Crippen molar-refractivity contribution < 1.29 is 26.4 Å². The van der Waals surface area contributed by atoms with Crippen LogP contribution in [-0.2, 0) is 24.8 Å². The second kappa shape index (κ2) is 12.2. The Bertz CT molecular complexity index is 1490. The molecule has 3 rings (SSSR count). The van der Waals surface area contributed by atoms with Crippen LogP contribution in [0.15, 0.2) is 76.5 Å². The summed E-state index contributed by atoms with van der Waals surface area (Å²) in [4.78, 5) is 13.1. The van der Waals surface area contributed by atoms with Crippen LogP contribution in [0.25, 0.3) is 0 Å². The third-order valence-electron chi connectivity index (χ3n) is 5.80. The minimum atomic E-state index is -4.15. The number of methoxy groups -OCH3 is 1. The van der Waals surface area contributed by atoms with E-state index in [-0.39, 0.29) is 20.5 Å². The number of carbonyl (C=O) groups excluding carboxylic acids is 1. The molecular formula is C26H30ClN3O6S2. The summed E-state index contributed by atoms with van der Waals surface area (Å²) in [5.41, 5.74) is 1.37. The Morgan fingerprint density at radius 2 is 1.42 bits per heavy atom. The van der Waals surface area contributed by atoms with Gasteiger partial charge in [-0.1, -0.05) is 43.1 Å². The number of benzene rings is 3. The Kier molecular flexibility index (Phi) is 9.42. The maximum Gasteiger partial charge on any atom is 0.264 e. The lowest BCUT2D eigenvalue weighted by Crippen LogP contribution is -2.38. The SMILES string of the molecule is CCN(CC)S(=O)(=O)c1ccc(NC(=O)CN(c2ccc(OC)c(Cl)c2)S(=O)(=O)c2ccc(C)cc2)cc1. The van der Waals surface area contributed by atoms with Gasteiger partial charge in [-0.2, -0.15) is 4.31 Å². The van der Waals surface area contributed by atoms with Gasteiger partial charge >= 0.3 is 0 Å². The zero-order valence-electron chi connectivity index (χ0n) is 21.5. The zero-order valence-corrected chi connectivity index (χ0v) is 23.9. The normalized spacial score (nSPS) is 11.8. The van der Waals surface area contributed by atoms with E-state index in [1.54, 1.807) is 26.0 Å². The number of anilines is 2. The molecule has 1 amide bonds. The number of carbonyl (C=O) groups is 1. The molecule has 0 atom stereocenters. The molecule has 0 fully saturated rings. The van der Waals surface area contributed by atoms with Gasteiger partial charge in [-0.3, -0.25) is 9.10 Å². The quantitative estimate of drug-likeness (QED) is 0.357. The number of ether oxygens (including phenoxy) is 1. The summed E-state index contributed by atoms with van der Waals surface area (Å²) in [6, 6.07) is 16.4. The van der Waals surface area contributed by atoms with Gasteiger partial charge in [0.25, 0.3) is 10.0 Å². The van der Waals surface area contributed by atoms with E-state index in [0.29, 0.717) is 24.5 Å². The fraction of sp³-hybridized carbons (Fsp3) is 0.269. The molecule has 0 unspecified atom stereocenters. The molecule has 0 saturated carbocycles. The molecule has 0 aliphatic carbocycles. The maximum atomic E-state index is 13.6. The highest BCUT2D eigenvalue weighted by Crippen LogP contribution is 2.32. The number of nitrogens with zero attached hydrogens (tertiary/aromatic N) is 2. The van der Waals surface area contributed by atoms with Gasteiger partial charge in [0.05, 0.1) is 27.6 Å². The Morgan fingerprint density at radius 1 is 0.868 bits per heavy atom. The van der Waals surface area contributed by atoms with Crippen molar-refractivity contribution in [2.75, 3.05) is 36.4 Å². The minimum absolute atomic E-state index is 0.00815. The number of rotatable bonds is 11. The largest absolute Gasteiger partial charge is 0.495 e. The third-order valence-corrected chi connectivity index (χ3v) is 9.95. The van der Waals surface area contributed by atoms with Gasteiger partial charge in [0.15, 0.2) is 0 Å². The molecule has 38 heavy (non-hydrogen) atoms. The van der Waals surface area contributed by atoms with Crippen LogP contribution in [0.1, 0.15) is 19.4 Å². The summed E-state index contributed by atoms with van der Waals surface area (Å²) in [7, 11) is -6.36. The first-order valence-electron chi connectivity index (χ1n) is 11.8. The molecule has 204 valence electrons. The topological polar surface area (TPSA) is 113 Å². The molecule has 3 aromatic rings. The highest BCUT2D eigenvalue weighted by molar-refractivity contribution is 7.92. The number of amides is 1. The summed E-state index contributed by atoms with van der Waals surface area (Å²) in [5.74, 6) is -0.278. The molecule has 0 aliphatic heterocycles. The molecule has 0 spiro atoms. The van der Waals surface area contributed by atoms with E-state index in [2.05, 4.69) is 5.32 Å². The van der Waals surface area contributed by atoms with Gasteiger partial charge in [0.2, 0.25) is 15.9 Å². The Balaban J connectivity index is 1.90. The van der Waals surface area contributed by atoms with Crippen LogP contribution in [0.5, 0.6) is 5.75 Å². The van der Waals surface area contributed by atoms with Crippen molar-refractivity contribution in [1.29, 1.82) is 0 Å². The van der Waals surface area contributed by atoms with Crippen LogP contribution in [0, 0.1) is 6.92 Å². The van der Waals surface area contributed by atoms with E-state index in [1.807, 2.05) is 6.92 Å². The minimum Gasteiger partial charge on any atom is -0.495 e. The molecule has 0 bridgehead atoms. The van der Waals surface area contributed by atoms with Gasteiger partial charge < -0.3 is 10.1 Å². The molecular weight excluding hydrogens is 550 g/mol. The van der Waals surface area contributed by atoms with Gasteiger partial charge in [0.1, 0.15) is 12.3 Å². The number of hydrogen-bond acceptors (Lipinski definition) is 6. The fourth-order valence-corrected chi connectivity index (χ4v) is 6.84. The molecule has 12 heteroatoms. The summed E-state index contributed by atoms with van der Waals surface area (Å²) in [6.45, 7) is 5.45. The second-order valence-corrected chi connectivity index (χ2v) is 12.5. The highest BCUT2D eigenvalue weighted by Gasteiger charge is 2.28.